The molecule has 0 heterocycles. The van der Waals surface area contributed by atoms with Gasteiger partial charge in [0.25, 0.3) is 0 Å². The molecule has 1 atom stereocenters. The zero-order chi connectivity index (χ0) is 12.2. The Hall–Kier alpha value is -0.610. The van der Waals surface area contributed by atoms with Crippen LogP contribution in [0.2, 0.25) is 0 Å². The van der Waals surface area contributed by atoms with Gasteiger partial charge in [-0.3, -0.25) is 10.1 Å². The van der Waals surface area contributed by atoms with E-state index >= 15 is 0 Å². The maximum Gasteiger partial charge on any atom is 0.309 e. The van der Waals surface area contributed by atoms with Crippen LogP contribution in [0.3, 0.4) is 0 Å². The van der Waals surface area contributed by atoms with E-state index in [1.54, 1.807) is 0 Å². The predicted molar refractivity (Wildman–Crippen MR) is 62.1 cm³/mol. The van der Waals surface area contributed by atoms with Crippen molar-refractivity contribution in [2.45, 2.75) is 52.4 Å². The highest BCUT2D eigenvalue weighted by Crippen LogP contribution is 2.11. The molecule has 16 heavy (non-hydrogen) atoms. The molecule has 0 aromatic carbocycles. The first kappa shape index (κ1) is 15.4. The van der Waals surface area contributed by atoms with Gasteiger partial charge in [0.2, 0.25) is 0 Å². The fourth-order valence-corrected chi connectivity index (χ4v) is 1.50. The summed E-state index contributed by atoms with van der Waals surface area (Å²) in [7, 11) is 0. The summed E-state index contributed by atoms with van der Waals surface area (Å²) in [6.07, 6.45) is 5.65. The lowest BCUT2D eigenvalue weighted by Crippen LogP contribution is -2.19. The van der Waals surface area contributed by atoms with Crippen LogP contribution >= 0.6 is 0 Å². The third kappa shape index (κ3) is 7.65. The van der Waals surface area contributed by atoms with E-state index < -0.39 is 0 Å². The Morgan fingerprint density at radius 3 is 2.50 bits per heavy atom. The van der Waals surface area contributed by atoms with Gasteiger partial charge in [-0.15, -0.1) is 0 Å². The van der Waals surface area contributed by atoms with Crippen molar-refractivity contribution < 1.29 is 19.7 Å². The second-order valence-electron chi connectivity index (χ2n) is 3.96. The Labute approximate surface area is 97.9 Å². The molecule has 1 N–H and O–H groups in total. The van der Waals surface area contributed by atoms with Crippen LogP contribution in [0, 0.1) is 5.92 Å². The number of esters is 1. The second kappa shape index (κ2) is 10.9. The lowest BCUT2D eigenvalue weighted by Gasteiger charge is -2.13. The largest absolute Gasteiger partial charge is 0.465 e. The number of hydrogen-bond acceptors (Lipinski definition) is 4. The summed E-state index contributed by atoms with van der Waals surface area (Å²) >= 11 is 0. The Bertz CT molecular complexity index is 170. The third-order valence-electron chi connectivity index (χ3n) is 2.63. The summed E-state index contributed by atoms with van der Waals surface area (Å²) < 4.78 is 5.16. The zero-order valence-electron chi connectivity index (χ0n) is 10.4. The summed E-state index contributed by atoms with van der Waals surface area (Å²) in [6, 6.07) is 0. The maximum atomic E-state index is 11.6. The van der Waals surface area contributed by atoms with Crippen molar-refractivity contribution in [3.63, 3.8) is 0 Å². The van der Waals surface area contributed by atoms with Crippen molar-refractivity contribution in [1.29, 1.82) is 0 Å². The zero-order valence-corrected chi connectivity index (χ0v) is 10.4. The van der Waals surface area contributed by atoms with Crippen LogP contribution in [0.15, 0.2) is 0 Å². The Morgan fingerprint density at radius 2 is 1.94 bits per heavy atom. The van der Waals surface area contributed by atoms with Crippen LogP contribution in [0.25, 0.3) is 0 Å². The van der Waals surface area contributed by atoms with Crippen LogP contribution in [0.5, 0.6) is 0 Å². The quantitative estimate of drug-likeness (QED) is 0.272. The molecular formula is C12H24O4. The molecule has 0 aromatic rings. The fraction of sp³-hybridized carbons (Fsp3) is 0.917. The van der Waals surface area contributed by atoms with Gasteiger partial charge in [0, 0.05) is 0 Å². The van der Waals surface area contributed by atoms with Crippen LogP contribution in [-0.4, -0.2) is 24.4 Å². The van der Waals surface area contributed by atoms with Crippen molar-refractivity contribution in [2.75, 3.05) is 13.2 Å². The van der Waals surface area contributed by atoms with Gasteiger partial charge < -0.3 is 4.74 Å². The molecule has 4 nitrogen and oxygen atoms in total. The number of hydrogen-bond donors (Lipinski definition) is 1. The highest BCUT2D eigenvalue weighted by atomic mass is 17.1. The van der Waals surface area contributed by atoms with E-state index in [2.05, 4.69) is 11.8 Å². The minimum absolute atomic E-state index is 0.154. The number of carbonyl (C=O) groups is 1. The van der Waals surface area contributed by atoms with Crippen molar-refractivity contribution in [1.82, 2.24) is 0 Å². The fourth-order valence-electron chi connectivity index (χ4n) is 1.50. The molecule has 0 radical (unpaired) electrons. The maximum absolute atomic E-state index is 11.6. The molecular weight excluding hydrogens is 208 g/mol. The van der Waals surface area contributed by atoms with Gasteiger partial charge in [0.15, 0.2) is 0 Å². The lowest BCUT2D eigenvalue weighted by molar-refractivity contribution is -0.244. The molecule has 0 amide bonds. The van der Waals surface area contributed by atoms with E-state index in [-0.39, 0.29) is 18.5 Å². The molecule has 0 aliphatic rings. The first-order chi connectivity index (χ1) is 7.76. The Morgan fingerprint density at radius 1 is 1.19 bits per heavy atom. The number of rotatable bonds is 10. The molecule has 0 fully saturated rings. The average molecular weight is 232 g/mol. The molecule has 0 aliphatic carbocycles. The summed E-state index contributed by atoms with van der Waals surface area (Å²) in [4.78, 5) is 15.5. The molecule has 0 saturated heterocycles. The smallest absolute Gasteiger partial charge is 0.309 e. The minimum Gasteiger partial charge on any atom is -0.465 e. The van der Waals surface area contributed by atoms with Crippen molar-refractivity contribution >= 4 is 5.97 Å². The molecule has 96 valence electrons. The van der Waals surface area contributed by atoms with Crippen LogP contribution in [0.4, 0.5) is 0 Å². The summed E-state index contributed by atoms with van der Waals surface area (Å²) in [6.45, 7) is 4.77. The van der Waals surface area contributed by atoms with E-state index in [4.69, 9.17) is 9.99 Å². The molecule has 0 aliphatic heterocycles. The lowest BCUT2D eigenvalue weighted by atomic mass is 10.0. The van der Waals surface area contributed by atoms with Gasteiger partial charge >= 0.3 is 5.97 Å². The third-order valence-corrected chi connectivity index (χ3v) is 2.63. The molecule has 4 heteroatoms. The van der Waals surface area contributed by atoms with Gasteiger partial charge in [-0.05, 0) is 19.3 Å². The van der Waals surface area contributed by atoms with Gasteiger partial charge in [-0.25, -0.2) is 4.89 Å². The van der Waals surface area contributed by atoms with E-state index in [9.17, 15) is 4.79 Å². The van der Waals surface area contributed by atoms with Crippen LogP contribution < -0.4 is 0 Å². The molecule has 0 saturated carbocycles. The number of unbranched alkanes of at least 4 members (excludes halogenated alkanes) is 3. The van der Waals surface area contributed by atoms with Crippen molar-refractivity contribution in [2.24, 2.45) is 5.92 Å². The minimum atomic E-state index is -0.170. The van der Waals surface area contributed by atoms with E-state index in [1.165, 1.54) is 12.8 Å². The molecule has 0 bridgehead atoms. The van der Waals surface area contributed by atoms with Crippen molar-refractivity contribution in [3.05, 3.63) is 0 Å². The standard InChI is InChI=1S/C12H24O4/c1-3-5-6-7-9-15-12(13)11(4-2)8-10-16-14/h11,14H,3-10H2,1-2H3. The Balaban J connectivity index is 3.58. The first-order valence-electron chi connectivity index (χ1n) is 6.19. The summed E-state index contributed by atoms with van der Waals surface area (Å²) in [5.41, 5.74) is 0. The second-order valence-corrected chi connectivity index (χ2v) is 3.96. The average Bonchev–Trinajstić information content (AvgIpc) is 2.30. The monoisotopic (exact) mass is 232 g/mol. The van der Waals surface area contributed by atoms with E-state index in [0.717, 1.165) is 19.3 Å². The topological polar surface area (TPSA) is 55.8 Å². The predicted octanol–water partition coefficient (Wildman–Crippen LogP) is 3.02. The number of ether oxygens (including phenoxy) is 1. The molecule has 1 unspecified atom stereocenters. The van der Waals surface area contributed by atoms with Crippen molar-refractivity contribution in [3.8, 4) is 0 Å². The van der Waals surface area contributed by atoms with Gasteiger partial charge in [-0.2, -0.15) is 0 Å². The van der Waals surface area contributed by atoms with Gasteiger partial charge in [-0.1, -0.05) is 33.1 Å². The SMILES string of the molecule is CCCCCCOC(=O)C(CC)CCOO. The highest BCUT2D eigenvalue weighted by Gasteiger charge is 2.17. The van der Waals surface area contributed by atoms with Crippen LogP contribution in [0.1, 0.15) is 52.4 Å². The molecule has 0 spiro atoms. The number of carbonyl (C=O) groups excluding carboxylic acids is 1. The van der Waals surface area contributed by atoms with E-state index in [1.807, 2.05) is 6.92 Å². The van der Waals surface area contributed by atoms with Crippen LogP contribution in [-0.2, 0) is 14.4 Å². The molecule has 0 aromatic heterocycles. The first-order valence-corrected chi connectivity index (χ1v) is 6.19. The summed E-state index contributed by atoms with van der Waals surface area (Å²) in [5, 5.41) is 8.21. The Kier molecular flexibility index (Phi) is 10.5. The van der Waals surface area contributed by atoms with Gasteiger partial charge in [0.1, 0.15) is 0 Å². The summed E-state index contributed by atoms with van der Waals surface area (Å²) in [5.74, 6) is -0.325. The van der Waals surface area contributed by atoms with E-state index in [0.29, 0.717) is 13.0 Å². The van der Waals surface area contributed by atoms with Gasteiger partial charge in [0.05, 0.1) is 19.1 Å². The molecule has 0 rings (SSSR count). The normalized spacial score (nSPS) is 12.4. The highest BCUT2D eigenvalue weighted by molar-refractivity contribution is 5.72.